The Bertz CT molecular complexity index is 2360. The van der Waals surface area contributed by atoms with Crippen LogP contribution in [0.3, 0.4) is 0 Å². The summed E-state index contributed by atoms with van der Waals surface area (Å²) in [6.07, 6.45) is 8.22. The van der Waals surface area contributed by atoms with Crippen molar-refractivity contribution in [2.45, 2.75) is 120 Å². The molecule has 2 aromatic carbocycles. The number of hydrogen-bond acceptors (Lipinski definition) is 12. The molecule has 11 N–H and O–H groups in total. The summed E-state index contributed by atoms with van der Waals surface area (Å²) < 4.78 is 6.91. The molecule has 2 aliphatic heterocycles. The fourth-order valence-electron chi connectivity index (χ4n) is 12.8. The number of H-pyrrole nitrogens is 1. The van der Waals surface area contributed by atoms with Crippen molar-refractivity contribution in [1.82, 2.24) is 10.3 Å². The van der Waals surface area contributed by atoms with Gasteiger partial charge < -0.3 is 56.5 Å². The monoisotopic (exact) mass is 965 g/mol. The zero-order valence-corrected chi connectivity index (χ0v) is 40.8. The first kappa shape index (κ1) is 49.2. The molecule has 2 fully saturated rings. The van der Waals surface area contributed by atoms with Crippen LogP contribution in [0, 0.1) is 52.8 Å². The molecular formula is C55H71N3O8S2. The van der Waals surface area contributed by atoms with Crippen LogP contribution in [0.25, 0.3) is 0 Å². The maximum atomic E-state index is 12.4. The van der Waals surface area contributed by atoms with Crippen LogP contribution in [0.1, 0.15) is 98.9 Å². The van der Waals surface area contributed by atoms with Gasteiger partial charge in [-0.05, 0) is 141 Å². The van der Waals surface area contributed by atoms with Gasteiger partial charge in [0.2, 0.25) is 0 Å². The summed E-state index contributed by atoms with van der Waals surface area (Å²) in [5.74, 6) is 7.63. The second-order valence-corrected chi connectivity index (χ2v) is 23.1. The van der Waals surface area contributed by atoms with Gasteiger partial charge in [0.25, 0.3) is 0 Å². The van der Waals surface area contributed by atoms with Gasteiger partial charge >= 0.3 is 0 Å². The van der Waals surface area contributed by atoms with Crippen LogP contribution in [0.4, 0.5) is 0 Å². The van der Waals surface area contributed by atoms with E-state index in [2.05, 4.69) is 71.5 Å². The molecule has 3 aromatic rings. The largest absolute Gasteiger partial charge is 0.504 e. The second kappa shape index (κ2) is 21.7. The molecule has 1 spiro atoms. The Morgan fingerprint density at radius 1 is 0.912 bits per heavy atom. The highest BCUT2D eigenvalue weighted by atomic mass is 33.1. The van der Waals surface area contributed by atoms with Gasteiger partial charge in [0.1, 0.15) is 11.9 Å². The molecule has 14 atom stereocenters. The second-order valence-electron chi connectivity index (χ2n) is 20.6. The SMILES string of the molecule is CCC1Cc2cc(O)c(OC3CC(Cc4ccc[nH]4)C4=CCNC(N)=C4CSSCC(CO)C3O)cc2C2CC(O)C3C(C#CC4(CC(O)CCC3O)CC(c3ccccc3)CCC4CO)C=C12. The average molecular weight is 966 g/mol. The van der Waals surface area contributed by atoms with E-state index < -0.39 is 53.7 Å². The number of ether oxygens (including phenoxy) is 1. The van der Waals surface area contributed by atoms with Crippen LogP contribution in [-0.4, -0.2) is 103 Å². The predicted molar refractivity (Wildman–Crippen MR) is 270 cm³/mol. The smallest absolute Gasteiger partial charge is 0.161 e. The number of rotatable bonds is 8. The van der Waals surface area contributed by atoms with E-state index in [1.165, 1.54) is 5.56 Å². The Kier molecular flexibility index (Phi) is 15.7. The fraction of sp³-hybridized carbons (Fsp3) is 0.564. The summed E-state index contributed by atoms with van der Waals surface area (Å²) in [7, 11) is 3.24. The molecule has 1 saturated heterocycles. The van der Waals surface area contributed by atoms with E-state index in [-0.39, 0.29) is 54.3 Å². The molecule has 1 aromatic heterocycles. The zero-order chi connectivity index (χ0) is 47.5. The highest BCUT2D eigenvalue weighted by molar-refractivity contribution is 8.76. The lowest BCUT2D eigenvalue weighted by Crippen LogP contribution is -2.42. The number of aromatic nitrogens is 1. The van der Waals surface area contributed by atoms with E-state index in [1.807, 2.05) is 24.4 Å². The van der Waals surface area contributed by atoms with Crippen LogP contribution in [0.2, 0.25) is 0 Å². The Labute approximate surface area is 409 Å². The molecule has 4 aliphatic carbocycles. The predicted octanol–water partition coefficient (Wildman–Crippen LogP) is 6.84. The molecule has 3 heterocycles. The maximum absolute atomic E-state index is 12.4. The van der Waals surface area contributed by atoms with Crippen molar-refractivity contribution in [2.24, 2.45) is 46.7 Å². The van der Waals surface area contributed by atoms with E-state index in [4.69, 9.17) is 10.5 Å². The number of fused-ring (bicyclic) bond motifs is 5. The molecule has 6 aliphatic rings. The minimum atomic E-state index is -1.07. The lowest BCUT2D eigenvalue weighted by molar-refractivity contribution is -0.0219. The molecule has 13 heteroatoms. The van der Waals surface area contributed by atoms with Crippen molar-refractivity contribution >= 4 is 21.6 Å². The normalized spacial score (nSPS) is 35.5. The molecule has 0 amide bonds. The van der Waals surface area contributed by atoms with Gasteiger partial charge in [-0.15, -0.1) is 0 Å². The van der Waals surface area contributed by atoms with E-state index in [1.54, 1.807) is 27.7 Å². The molecule has 9 rings (SSSR count). The average Bonchev–Trinajstić information content (AvgIpc) is 3.80. The van der Waals surface area contributed by atoms with E-state index in [0.717, 1.165) is 52.8 Å². The molecule has 1 saturated carbocycles. The summed E-state index contributed by atoms with van der Waals surface area (Å²) in [5.41, 5.74) is 13.4. The summed E-state index contributed by atoms with van der Waals surface area (Å²) in [6, 6.07) is 18.2. The van der Waals surface area contributed by atoms with Gasteiger partial charge in [-0.2, -0.15) is 0 Å². The first-order chi connectivity index (χ1) is 33.0. The van der Waals surface area contributed by atoms with Gasteiger partial charge in [0, 0.05) is 77.8 Å². The highest BCUT2D eigenvalue weighted by Crippen LogP contribution is 2.53. The summed E-state index contributed by atoms with van der Waals surface area (Å²) in [4.78, 5) is 3.36. The van der Waals surface area contributed by atoms with Gasteiger partial charge in [0.05, 0.1) is 24.4 Å². The number of aliphatic hydroxyl groups excluding tert-OH is 6. The number of hydrogen-bond donors (Lipinski definition) is 10. The fourth-order valence-corrected chi connectivity index (χ4v) is 15.3. The van der Waals surface area contributed by atoms with Crippen molar-refractivity contribution in [2.75, 3.05) is 31.3 Å². The first-order valence-corrected chi connectivity index (χ1v) is 27.5. The third-order valence-corrected chi connectivity index (χ3v) is 18.9. The van der Waals surface area contributed by atoms with E-state index >= 15 is 0 Å². The van der Waals surface area contributed by atoms with Crippen LogP contribution < -0.4 is 15.8 Å². The molecule has 0 bridgehead atoms. The van der Waals surface area contributed by atoms with Crippen LogP contribution in [-0.2, 0) is 12.8 Å². The van der Waals surface area contributed by atoms with Gasteiger partial charge in [0.15, 0.2) is 11.5 Å². The minimum absolute atomic E-state index is 0.0244. The summed E-state index contributed by atoms with van der Waals surface area (Å²) >= 11 is 0. The summed E-state index contributed by atoms with van der Waals surface area (Å²) in [5, 5.41) is 85.0. The van der Waals surface area contributed by atoms with Crippen molar-refractivity contribution in [3.05, 3.63) is 118 Å². The molecule has 11 nitrogen and oxygen atoms in total. The van der Waals surface area contributed by atoms with Crippen molar-refractivity contribution in [1.29, 1.82) is 0 Å². The number of benzene rings is 2. The molecule has 14 unspecified atom stereocenters. The van der Waals surface area contributed by atoms with E-state index in [9.17, 15) is 35.7 Å². The number of phenols is 1. The Morgan fingerprint density at radius 3 is 2.51 bits per heavy atom. The Hall–Kier alpha value is -3.84. The minimum Gasteiger partial charge on any atom is -0.504 e. The van der Waals surface area contributed by atoms with Crippen molar-refractivity contribution < 1.29 is 40.5 Å². The highest BCUT2D eigenvalue weighted by Gasteiger charge is 2.47. The number of phenolic OH excluding ortho intramolecular Hbond substituents is 1. The lowest BCUT2D eigenvalue weighted by atomic mass is 9.59. The quantitative estimate of drug-likeness (QED) is 0.0641. The number of aromatic amines is 1. The van der Waals surface area contributed by atoms with Crippen LogP contribution >= 0.6 is 21.6 Å². The van der Waals surface area contributed by atoms with Gasteiger partial charge in [-0.25, -0.2) is 0 Å². The third kappa shape index (κ3) is 10.3. The van der Waals surface area contributed by atoms with Crippen molar-refractivity contribution in [3.8, 4) is 23.3 Å². The number of nitrogens with two attached hydrogens (primary N) is 1. The van der Waals surface area contributed by atoms with Crippen LogP contribution in [0.15, 0.2) is 95.5 Å². The van der Waals surface area contributed by atoms with Gasteiger partial charge in [-0.3, -0.25) is 0 Å². The molecule has 68 heavy (non-hydrogen) atoms. The van der Waals surface area contributed by atoms with Gasteiger partial charge in [-0.1, -0.05) is 88.4 Å². The third-order valence-electron chi connectivity index (χ3n) is 16.5. The molecule has 0 radical (unpaired) electrons. The molecular weight excluding hydrogens is 895 g/mol. The first-order valence-electron chi connectivity index (χ1n) is 25.0. The molecule has 366 valence electrons. The number of aliphatic hydroxyl groups is 6. The summed E-state index contributed by atoms with van der Waals surface area (Å²) in [6.45, 7) is 2.48. The standard InChI is InChI=1S/C55H71N3O8S2/c1-2-32-19-36-22-48(63)50(66-51-23-37(20-40-9-6-17-57-40)42-15-18-58-54(56)46(42)31-68-67-30-38(28-59)53(51)65)25-44(36)45-24-49(64)52-34(21-43(32)45)14-16-55(27-41(61)12-13-47(52)62)26-35(10-11-39(55)29-60)33-7-4-3-5-8-33/h3-9,15,17,21-22,25,32,34-35,37-39,41,45,47,49,51-53,57-65H,2,10-13,18-20,23-24,26-31,56H2,1H3. The maximum Gasteiger partial charge on any atom is 0.161 e. The van der Waals surface area contributed by atoms with E-state index in [0.29, 0.717) is 75.2 Å². The lowest BCUT2D eigenvalue weighted by Gasteiger charge is -2.45. The Morgan fingerprint density at radius 2 is 1.75 bits per heavy atom. The topological polar surface area (TPSA) is 205 Å². The number of nitrogens with one attached hydrogen (secondary N) is 2. The van der Waals surface area contributed by atoms with Crippen molar-refractivity contribution in [3.63, 3.8) is 0 Å². The Balaban J connectivity index is 1.09. The number of dihydropyridines is 1. The van der Waals surface area contributed by atoms with Crippen LogP contribution in [0.5, 0.6) is 11.5 Å². The number of aromatic hydroxyl groups is 1. The number of allylic oxidation sites excluding steroid dienone is 3. The zero-order valence-electron chi connectivity index (χ0n) is 39.2.